The van der Waals surface area contributed by atoms with E-state index in [0.717, 1.165) is 28.4 Å². The number of hydrogen-bond acceptors (Lipinski definition) is 8. The van der Waals surface area contributed by atoms with E-state index in [1.54, 1.807) is 73.7 Å². The number of anilines is 2. The monoisotopic (exact) mass is 826 g/mol. The SMILES string of the molecule is CCOC(=O)c1c(NC(=O)C(CC)Sc2cccc(NC(=O)/C(=C\c3cccc(Cl)c3Cl)NC(=O)c3ccccc3)c2)sc2c1CCN(Cc1ccccc1)C2. The Bertz CT molecular complexity index is 2250. The minimum absolute atomic E-state index is 0.0499. The van der Waals surface area contributed by atoms with E-state index in [1.807, 2.05) is 31.2 Å². The molecule has 1 aliphatic rings. The zero-order valence-corrected chi connectivity index (χ0v) is 33.9. The average Bonchev–Trinajstić information content (AvgIpc) is 3.56. The molecule has 56 heavy (non-hydrogen) atoms. The number of benzene rings is 4. The number of thiophene rings is 1. The minimum atomic E-state index is -0.590. The van der Waals surface area contributed by atoms with Crippen LogP contribution in [0.1, 0.15) is 62.6 Å². The van der Waals surface area contributed by atoms with Crippen LogP contribution in [0.15, 0.2) is 114 Å². The van der Waals surface area contributed by atoms with Crippen molar-refractivity contribution >= 4 is 86.8 Å². The fraction of sp³-hybridized carbons (Fsp3) is 0.209. The van der Waals surface area contributed by atoms with Crippen LogP contribution in [0, 0.1) is 0 Å². The van der Waals surface area contributed by atoms with Gasteiger partial charge in [0.15, 0.2) is 0 Å². The number of nitrogens with one attached hydrogen (secondary N) is 3. The van der Waals surface area contributed by atoms with Gasteiger partial charge in [0.1, 0.15) is 10.7 Å². The number of carbonyl (C=O) groups is 4. The van der Waals surface area contributed by atoms with E-state index in [-0.39, 0.29) is 23.2 Å². The molecule has 2 heterocycles. The number of amides is 3. The van der Waals surface area contributed by atoms with Gasteiger partial charge in [0, 0.05) is 40.7 Å². The molecule has 3 amide bonds. The largest absolute Gasteiger partial charge is 0.462 e. The summed E-state index contributed by atoms with van der Waals surface area (Å²) in [7, 11) is 0. The molecule has 288 valence electrons. The van der Waals surface area contributed by atoms with Crippen molar-refractivity contribution in [1.29, 1.82) is 0 Å². The molecule has 6 rings (SSSR count). The molecular formula is C43H40Cl2N4O5S2. The smallest absolute Gasteiger partial charge is 0.341 e. The van der Waals surface area contributed by atoms with Crippen LogP contribution < -0.4 is 16.0 Å². The molecule has 5 aromatic rings. The Morgan fingerprint density at radius 3 is 2.38 bits per heavy atom. The number of ether oxygens (including phenoxy) is 1. The van der Waals surface area contributed by atoms with Crippen molar-refractivity contribution in [3.8, 4) is 0 Å². The first-order valence-corrected chi connectivity index (χ1v) is 20.6. The molecular weight excluding hydrogens is 788 g/mol. The molecule has 0 bridgehead atoms. The fourth-order valence-corrected chi connectivity index (χ4v) is 8.85. The summed E-state index contributed by atoms with van der Waals surface area (Å²) in [4.78, 5) is 58.1. The van der Waals surface area contributed by atoms with Gasteiger partial charge in [0.05, 0.1) is 27.5 Å². The van der Waals surface area contributed by atoms with Crippen molar-refractivity contribution in [3.05, 3.63) is 152 Å². The summed E-state index contributed by atoms with van der Waals surface area (Å²) in [6.45, 7) is 6.15. The maximum Gasteiger partial charge on any atom is 0.341 e. The normalized spacial score (nSPS) is 13.3. The van der Waals surface area contributed by atoms with E-state index in [1.165, 1.54) is 34.7 Å². The van der Waals surface area contributed by atoms with Gasteiger partial charge in [0.2, 0.25) is 5.91 Å². The highest BCUT2D eigenvalue weighted by Gasteiger charge is 2.31. The number of nitrogens with zero attached hydrogens (tertiary/aromatic N) is 1. The maximum atomic E-state index is 13.9. The van der Waals surface area contributed by atoms with Crippen molar-refractivity contribution < 1.29 is 23.9 Å². The lowest BCUT2D eigenvalue weighted by Gasteiger charge is -2.27. The molecule has 4 aromatic carbocycles. The molecule has 13 heteroatoms. The van der Waals surface area contributed by atoms with Gasteiger partial charge in [0.25, 0.3) is 11.8 Å². The first-order valence-electron chi connectivity index (χ1n) is 18.1. The molecule has 9 nitrogen and oxygen atoms in total. The summed E-state index contributed by atoms with van der Waals surface area (Å²) in [5.74, 6) is -1.75. The summed E-state index contributed by atoms with van der Waals surface area (Å²) >= 11 is 15.4. The molecule has 1 aromatic heterocycles. The predicted octanol–water partition coefficient (Wildman–Crippen LogP) is 9.71. The third kappa shape index (κ3) is 10.3. The lowest BCUT2D eigenvalue weighted by Crippen LogP contribution is -2.30. The second kappa shape index (κ2) is 19.3. The van der Waals surface area contributed by atoms with E-state index < -0.39 is 23.0 Å². The lowest BCUT2D eigenvalue weighted by atomic mass is 10.0. The second-order valence-electron chi connectivity index (χ2n) is 12.9. The quantitative estimate of drug-likeness (QED) is 0.0580. The van der Waals surface area contributed by atoms with Crippen LogP contribution in [-0.4, -0.2) is 47.0 Å². The molecule has 1 aliphatic heterocycles. The third-order valence-corrected chi connectivity index (χ3v) is 12.3. The van der Waals surface area contributed by atoms with E-state index in [4.69, 9.17) is 27.9 Å². The van der Waals surface area contributed by atoms with Crippen LogP contribution in [0.5, 0.6) is 0 Å². The highest BCUT2D eigenvalue weighted by atomic mass is 35.5. The Labute approximate surface area is 344 Å². The van der Waals surface area contributed by atoms with Crippen molar-refractivity contribution in [2.24, 2.45) is 0 Å². The minimum Gasteiger partial charge on any atom is -0.462 e. The Balaban J connectivity index is 1.17. The molecule has 3 N–H and O–H groups in total. The summed E-state index contributed by atoms with van der Waals surface area (Å²) in [6.07, 6.45) is 2.64. The van der Waals surface area contributed by atoms with Gasteiger partial charge in [-0.2, -0.15) is 0 Å². The van der Waals surface area contributed by atoms with Crippen molar-refractivity contribution in [2.75, 3.05) is 23.8 Å². The number of esters is 1. The van der Waals surface area contributed by atoms with E-state index in [2.05, 4.69) is 33.0 Å². The Hall–Kier alpha value is -4.91. The Morgan fingerprint density at radius 1 is 0.911 bits per heavy atom. The van der Waals surface area contributed by atoms with Crippen molar-refractivity contribution in [2.45, 2.75) is 49.9 Å². The molecule has 0 saturated carbocycles. The Kier molecular flexibility index (Phi) is 14.0. The third-order valence-electron chi connectivity index (χ3n) is 8.94. The van der Waals surface area contributed by atoms with Gasteiger partial charge >= 0.3 is 5.97 Å². The lowest BCUT2D eigenvalue weighted by molar-refractivity contribution is -0.116. The zero-order chi connectivity index (χ0) is 39.6. The second-order valence-corrected chi connectivity index (χ2v) is 16.0. The van der Waals surface area contributed by atoms with Crippen LogP contribution in [-0.2, 0) is 33.8 Å². The van der Waals surface area contributed by atoms with Crippen LogP contribution in [0.3, 0.4) is 0 Å². The average molecular weight is 828 g/mol. The highest BCUT2D eigenvalue weighted by molar-refractivity contribution is 8.00. The predicted molar refractivity (Wildman–Crippen MR) is 227 cm³/mol. The molecule has 0 aliphatic carbocycles. The number of halogens is 2. The van der Waals surface area contributed by atoms with Crippen LogP contribution in [0.2, 0.25) is 10.0 Å². The number of rotatable bonds is 14. The molecule has 0 spiro atoms. The van der Waals surface area contributed by atoms with Gasteiger partial charge in [-0.3, -0.25) is 19.3 Å². The summed E-state index contributed by atoms with van der Waals surface area (Å²) in [6, 6.07) is 30.9. The molecule has 1 unspecified atom stereocenters. The van der Waals surface area contributed by atoms with Gasteiger partial charge in [-0.05, 0) is 78.9 Å². The van der Waals surface area contributed by atoms with E-state index in [0.29, 0.717) is 51.8 Å². The van der Waals surface area contributed by atoms with Gasteiger partial charge < -0.3 is 20.7 Å². The van der Waals surface area contributed by atoms with Gasteiger partial charge in [-0.25, -0.2) is 4.79 Å². The van der Waals surface area contributed by atoms with E-state index in [9.17, 15) is 19.2 Å². The fourth-order valence-electron chi connectivity index (χ4n) is 6.19. The summed E-state index contributed by atoms with van der Waals surface area (Å²) in [5.41, 5.74) is 3.80. The maximum absolute atomic E-state index is 13.9. The topological polar surface area (TPSA) is 117 Å². The first-order chi connectivity index (χ1) is 27.1. The van der Waals surface area contributed by atoms with Crippen LogP contribution >= 0.6 is 46.3 Å². The number of carbonyl (C=O) groups excluding carboxylic acids is 4. The van der Waals surface area contributed by atoms with Crippen LogP contribution in [0.4, 0.5) is 10.7 Å². The number of fused-ring (bicyclic) bond motifs is 1. The van der Waals surface area contributed by atoms with Crippen molar-refractivity contribution in [3.63, 3.8) is 0 Å². The zero-order valence-electron chi connectivity index (χ0n) is 30.8. The number of hydrogen-bond donors (Lipinski definition) is 3. The standard InChI is InChI=1S/C43H40Cl2N4O5S2/c1-3-35(41(52)48-42-37(43(53)54-4-2)32-21-22-49(26-36(32)56-42)25-27-13-7-5-8-14-27)55-31-19-12-18-30(24-31)46-40(51)34(23-29-17-11-20-33(44)38(29)45)47-39(50)28-15-9-6-10-16-28/h5-20,23-24,35H,3-4,21-22,25-26H2,1-2H3,(H,46,51)(H,47,50)(H,48,52)/b34-23+. The van der Waals surface area contributed by atoms with Gasteiger partial charge in [-0.15, -0.1) is 23.1 Å². The summed E-state index contributed by atoms with van der Waals surface area (Å²) < 4.78 is 5.45. The Morgan fingerprint density at radius 2 is 1.64 bits per heavy atom. The van der Waals surface area contributed by atoms with E-state index >= 15 is 0 Å². The number of thioether (sulfide) groups is 1. The van der Waals surface area contributed by atoms with Gasteiger partial charge in [-0.1, -0.05) is 96.9 Å². The summed E-state index contributed by atoms with van der Waals surface area (Å²) in [5, 5.41) is 9.16. The van der Waals surface area contributed by atoms with Crippen LogP contribution in [0.25, 0.3) is 6.08 Å². The van der Waals surface area contributed by atoms with Crippen molar-refractivity contribution in [1.82, 2.24) is 10.2 Å². The molecule has 0 saturated heterocycles. The molecule has 0 radical (unpaired) electrons. The molecule has 1 atom stereocenters. The highest BCUT2D eigenvalue weighted by Crippen LogP contribution is 2.39. The first kappa shape index (κ1) is 40.7. The molecule has 0 fully saturated rings.